The van der Waals surface area contributed by atoms with Crippen LogP contribution in [0.15, 0.2) is 53.0 Å². The van der Waals surface area contributed by atoms with Crippen LogP contribution in [0.5, 0.6) is 5.75 Å². The summed E-state index contributed by atoms with van der Waals surface area (Å²) in [5.41, 5.74) is 2.72. The van der Waals surface area contributed by atoms with E-state index < -0.39 is 0 Å². The molecular formula is C19H23BrN2O. The van der Waals surface area contributed by atoms with E-state index in [9.17, 15) is 0 Å². The number of methoxy groups -OCH3 is 1. The molecule has 4 heteroatoms. The van der Waals surface area contributed by atoms with Gasteiger partial charge >= 0.3 is 0 Å². The van der Waals surface area contributed by atoms with Gasteiger partial charge in [0.05, 0.1) is 7.11 Å². The van der Waals surface area contributed by atoms with Crippen LogP contribution < -0.4 is 4.74 Å². The first-order valence-corrected chi connectivity index (χ1v) is 8.85. The summed E-state index contributed by atoms with van der Waals surface area (Å²) in [6.45, 7) is 6.53. The molecule has 1 fully saturated rings. The zero-order valence-electron chi connectivity index (χ0n) is 13.5. The SMILES string of the molecule is COc1ccc(CN2CCN(Cc3ccccc3Br)CC2)cc1. The molecule has 0 aliphatic carbocycles. The number of benzene rings is 2. The van der Waals surface area contributed by atoms with Crippen molar-refractivity contribution in [3.8, 4) is 5.75 Å². The lowest BCUT2D eigenvalue weighted by molar-refractivity contribution is 0.122. The zero-order valence-corrected chi connectivity index (χ0v) is 15.1. The lowest BCUT2D eigenvalue weighted by atomic mass is 10.1. The molecule has 0 saturated carbocycles. The first kappa shape index (κ1) is 16.5. The minimum absolute atomic E-state index is 0.923. The van der Waals surface area contributed by atoms with Crippen molar-refractivity contribution in [2.75, 3.05) is 33.3 Å². The molecule has 1 saturated heterocycles. The van der Waals surface area contributed by atoms with Gasteiger partial charge in [-0.1, -0.05) is 46.3 Å². The molecule has 122 valence electrons. The Bertz CT molecular complexity index is 622. The molecule has 2 aromatic carbocycles. The molecule has 1 aliphatic heterocycles. The van der Waals surface area contributed by atoms with E-state index in [0.29, 0.717) is 0 Å². The quantitative estimate of drug-likeness (QED) is 0.791. The second-order valence-corrected chi connectivity index (χ2v) is 6.85. The van der Waals surface area contributed by atoms with E-state index in [1.165, 1.54) is 15.6 Å². The van der Waals surface area contributed by atoms with E-state index in [-0.39, 0.29) is 0 Å². The largest absolute Gasteiger partial charge is 0.497 e. The smallest absolute Gasteiger partial charge is 0.118 e. The van der Waals surface area contributed by atoms with Gasteiger partial charge in [-0.3, -0.25) is 9.80 Å². The Morgan fingerprint density at radius 1 is 0.870 bits per heavy atom. The Balaban J connectivity index is 1.49. The molecule has 0 spiro atoms. The normalized spacial score (nSPS) is 16.4. The van der Waals surface area contributed by atoms with E-state index in [0.717, 1.165) is 45.0 Å². The highest BCUT2D eigenvalue weighted by Gasteiger charge is 2.17. The van der Waals surface area contributed by atoms with Crippen molar-refractivity contribution < 1.29 is 4.74 Å². The number of piperazine rings is 1. The van der Waals surface area contributed by atoms with Crippen LogP contribution >= 0.6 is 15.9 Å². The Labute approximate surface area is 147 Å². The maximum atomic E-state index is 5.22. The Hall–Kier alpha value is -1.36. The monoisotopic (exact) mass is 374 g/mol. The molecule has 1 aliphatic rings. The van der Waals surface area contributed by atoms with Crippen LogP contribution in [0.3, 0.4) is 0 Å². The summed E-state index contributed by atoms with van der Waals surface area (Å²) in [7, 11) is 1.71. The van der Waals surface area contributed by atoms with Crippen molar-refractivity contribution in [2.24, 2.45) is 0 Å². The molecular weight excluding hydrogens is 352 g/mol. The lowest BCUT2D eigenvalue weighted by Crippen LogP contribution is -2.45. The number of hydrogen-bond acceptors (Lipinski definition) is 3. The molecule has 23 heavy (non-hydrogen) atoms. The van der Waals surface area contributed by atoms with Crippen molar-refractivity contribution >= 4 is 15.9 Å². The van der Waals surface area contributed by atoms with Gasteiger partial charge in [-0.25, -0.2) is 0 Å². The fourth-order valence-electron chi connectivity index (χ4n) is 2.96. The van der Waals surface area contributed by atoms with Crippen molar-refractivity contribution in [3.63, 3.8) is 0 Å². The van der Waals surface area contributed by atoms with Crippen LogP contribution in [0, 0.1) is 0 Å². The summed E-state index contributed by atoms with van der Waals surface area (Å²) in [4.78, 5) is 5.06. The first-order chi connectivity index (χ1) is 11.2. The van der Waals surface area contributed by atoms with Crippen LogP contribution in [0.1, 0.15) is 11.1 Å². The van der Waals surface area contributed by atoms with Gasteiger partial charge in [-0.15, -0.1) is 0 Å². The molecule has 0 atom stereocenters. The average Bonchev–Trinajstić information content (AvgIpc) is 2.59. The molecule has 0 aromatic heterocycles. The van der Waals surface area contributed by atoms with Gasteiger partial charge in [-0.05, 0) is 29.3 Å². The molecule has 0 unspecified atom stereocenters. The lowest BCUT2D eigenvalue weighted by Gasteiger charge is -2.35. The fraction of sp³-hybridized carbons (Fsp3) is 0.368. The van der Waals surface area contributed by atoms with E-state index in [1.807, 2.05) is 12.1 Å². The molecule has 0 radical (unpaired) electrons. The van der Waals surface area contributed by atoms with Gasteiger partial charge in [0.25, 0.3) is 0 Å². The summed E-state index contributed by atoms with van der Waals surface area (Å²) >= 11 is 3.64. The van der Waals surface area contributed by atoms with Crippen molar-refractivity contribution in [1.29, 1.82) is 0 Å². The van der Waals surface area contributed by atoms with E-state index >= 15 is 0 Å². The van der Waals surface area contributed by atoms with Crippen LogP contribution in [0.2, 0.25) is 0 Å². The van der Waals surface area contributed by atoms with Crippen LogP contribution in [-0.4, -0.2) is 43.1 Å². The highest BCUT2D eigenvalue weighted by molar-refractivity contribution is 9.10. The molecule has 3 rings (SSSR count). The minimum atomic E-state index is 0.923. The number of hydrogen-bond donors (Lipinski definition) is 0. The number of rotatable bonds is 5. The van der Waals surface area contributed by atoms with Crippen LogP contribution in [-0.2, 0) is 13.1 Å². The molecule has 3 nitrogen and oxygen atoms in total. The standard InChI is InChI=1S/C19H23BrN2O/c1-23-18-8-6-16(7-9-18)14-21-10-12-22(13-11-21)15-17-4-2-3-5-19(17)20/h2-9H,10-15H2,1H3. The molecule has 1 heterocycles. The van der Waals surface area contributed by atoms with E-state index in [1.54, 1.807) is 7.11 Å². The van der Waals surface area contributed by atoms with Gasteiger partial charge in [-0.2, -0.15) is 0 Å². The highest BCUT2D eigenvalue weighted by Crippen LogP contribution is 2.19. The Morgan fingerprint density at radius 2 is 1.48 bits per heavy atom. The molecule has 0 N–H and O–H groups in total. The number of nitrogens with zero attached hydrogens (tertiary/aromatic N) is 2. The van der Waals surface area contributed by atoms with Gasteiger partial charge in [0.1, 0.15) is 5.75 Å². The third kappa shape index (κ3) is 4.56. The Kier molecular flexibility index (Phi) is 5.70. The zero-order chi connectivity index (χ0) is 16.1. The second-order valence-electron chi connectivity index (χ2n) is 5.99. The first-order valence-electron chi connectivity index (χ1n) is 8.05. The van der Waals surface area contributed by atoms with Crippen LogP contribution in [0.25, 0.3) is 0 Å². The second kappa shape index (κ2) is 7.95. The van der Waals surface area contributed by atoms with Gasteiger partial charge in [0.15, 0.2) is 0 Å². The minimum Gasteiger partial charge on any atom is -0.497 e. The molecule has 0 bridgehead atoms. The third-order valence-electron chi connectivity index (χ3n) is 4.38. The predicted molar refractivity (Wildman–Crippen MR) is 97.7 cm³/mol. The Morgan fingerprint density at radius 3 is 2.09 bits per heavy atom. The summed E-state index contributed by atoms with van der Waals surface area (Å²) in [6, 6.07) is 16.9. The molecule has 2 aromatic rings. The maximum Gasteiger partial charge on any atom is 0.118 e. The van der Waals surface area contributed by atoms with Crippen molar-refractivity contribution in [2.45, 2.75) is 13.1 Å². The van der Waals surface area contributed by atoms with Crippen molar-refractivity contribution in [1.82, 2.24) is 9.80 Å². The fourth-order valence-corrected chi connectivity index (χ4v) is 3.37. The number of halogens is 1. The average molecular weight is 375 g/mol. The predicted octanol–water partition coefficient (Wildman–Crippen LogP) is 3.78. The summed E-state index contributed by atoms with van der Waals surface area (Å²) in [5.74, 6) is 0.923. The summed E-state index contributed by atoms with van der Waals surface area (Å²) in [6.07, 6.45) is 0. The number of ether oxygens (including phenoxy) is 1. The summed E-state index contributed by atoms with van der Waals surface area (Å²) < 4.78 is 6.42. The topological polar surface area (TPSA) is 15.7 Å². The summed E-state index contributed by atoms with van der Waals surface area (Å²) in [5, 5.41) is 0. The highest BCUT2D eigenvalue weighted by atomic mass is 79.9. The van der Waals surface area contributed by atoms with E-state index in [2.05, 4.69) is 62.1 Å². The van der Waals surface area contributed by atoms with E-state index in [4.69, 9.17) is 4.74 Å². The van der Waals surface area contributed by atoms with Crippen molar-refractivity contribution in [3.05, 3.63) is 64.1 Å². The van der Waals surface area contributed by atoms with Gasteiger partial charge < -0.3 is 4.74 Å². The van der Waals surface area contributed by atoms with Crippen LogP contribution in [0.4, 0.5) is 0 Å². The maximum absolute atomic E-state index is 5.22. The third-order valence-corrected chi connectivity index (χ3v) is 5.16. The van der Waals surface area contributed by atoms with Gasteiger partial charge in [0.2, 0.25) is 0 Å². The van der Waals surface area contributed by atoms with Gasteiger partial charge in [0, 0.05) is 43.7 Å². The molecule has 0 amide bonds.